The van der Waals surface area contributed by atoms with E-state index in [1.54, 1.807) is 0 Å². The third-order valence-corrected chi connectivity index (χ3v) is 2.11. The van der Waals surface area contributed by atoms with Gasteiger partial charge in [0.05, 0.1) is 25.4 Å². The van der Waals surface area contributed by atoms with Gasteiger partial charge >= 0.3 is 0 Å². The highest BCUT2D eigenvalue weighted by atomic mass is 16.6. The molecular weight excluding hydrogens is 130 g/mol. The molecule has 2 fully saturated rings. The molecule has 3 heteroatoms. The van der Waals surface area contributed by atoms with Gasteiger partial charge in [0.2, 0.25) is 0 Å². The van der Waals surface area contributed by atoms with Gasteiger partial charge < -0.3 is 14.8 Å². The quantitative estimate of drug-likeness (QED) is 0.508. The van der Waals surface area contributed by atoms with Crippen LogP contribution in [0.3, 0.4) is 0 Å². The summed E-state index contributed by atoms with van der Waals surface area (Å²) in [5.74, 6) is 0. The van der Waals surface area contributed by atoms with E-state index in [2.05, 4.69) is 5.32 Å². The molecule has 0 aromatic rings. The van der Waals surface area contributed by atoms with E-state index in [-0.39, 0.29) is 0 Å². The fourth-order valence-electron chi connectivity index (χ4n) is 1.56. The zero-order chi connectivity index (χ0) is 6.81. The lowest BCUT2D eigenvalue weighted by atomic mass is 10.1. The number of piperidine rings is 1. The van der Waals surface area contributed by atoms with Crippen molar-refractivity contribution in [2.75, 3.05) is 26.3 Å². The van der Waals surface area contributed by atoms with Crippen LogP contribution in [0.1, 0.15) is 6.42 Å². The van der Waals surface area contributed by atoms with Gasteiger partial charge in [-0.2, -0.15) is 0 Å². The summed E-state index contributed by atoms with van der Waals surface area (Å²) in [7, 11) is 0. The Labute approximate surface area is 60.7 Å². The van der Waals surface area contributed by atoms with Crippen LogP contribution < -0.4 is 5.32 Å². The standard InChI is InChI=1S/C7H13NO2/c1-2-8-5-7-6(1)9-3-4-10-7/h6-8H,1-5H2/t6-,7+/m1/s1. The van der Waals surface area contributed by atoms with Gasteiger partial charge in [-0.25, -0.2) is 0 Å². The van der Waals surface area contributed by atoms with E-state index in [0.29, 0.717) is 12.2 Å². The van der Waals surface area contributed by atoms with Crippen LogP contribution >= 0.6 is 0 Å². The smallest absolute Gasteiger partial charge is 0.0962 e. The first-order valence-electron chi connectivity index (χ1n) is 3.91. The number of ether oxygens (including phenoxy) is 2. The molecule has 3 nitrogen and oxygen atoms in total. The minimum absolute atomic E-state index is 0.322. The molecule has 2 aliphatic rings. The van der Waals surface area contributed by atoms with Gasteiger partial charge in [0.25, 0.3) is 0 Å². The number of fused-ring (bicyclic) bond motifs is 1. The highest BCUT2D eigenvalue weighted by Gasteiger charge is 2.28. The molecule has 58 valence electrons. The Morgan fingerprint density at radius 2 is 1.90 bits per heavy atom. The SMILES string of the molecule is C1C[C@H]2OCCO[C@H]2CN1. The summed E-state index contributed by atoms with van der Waals surface area (Å²) < 4.78 is 11.0. The van der Waals surface area contributed by atoms with E-state index >= 15 is 0 Å². The average molecular weight is 143 g/mol. The highest BCUT2D eigenvalue weighted by Crippen LogP contribution is 2.15. The van der Waals surface area contributed by atoms with Crippen LogP contribution in [0.25, 0.3) is 0 Å². The third-order valence-electron chi connectivity index (χ3n) is 2.11. The zero-order valence-electron chi connectivity index (χ0n) is 6.01. The molecule has 2 atom stereocenters. The van der Waals surface area contributed by atoms with E-state index in [9.17, 15) is 0 Å². The lowest BCUT2D eigenvalue weighted by Crippen LogP contribution is -2.50. The van der Waals surface area contributed by atoms with Crippen molar-refractivity contribution >= 4 is 0 Å². The maximum absolute atomic E-state index is 5.52. The molecule has 0 aromatic heterocycles. The third kappa shape index (κ3) is 1.17. The highest BCUT2D eigenvalue weighted by molar-refractivity contribution is 4.81. The predicted molar refractivity (Wildman–Crippen MR) is 37.0 cm³/mol. The minimum atomic E-state index is 0.322. The minimum Gasteiger partial charge on any atom is -0.373 e. The van der Waals surface area contributed by atoms with Gasteiger partial charge in [-0.05, 0) is 13.0 Å². The van der Waals surface area contributed by atoms with Gasteiger partial charge in [-0.1, -0.05) is 0 Å². The summed E-state index contributed by atoms with van der Waals surface area (Å²) in [6, 6.07) is 0. The van der Waals surface area contributed by atoms with Crippen molar-refractivity contribution in [3.05, 3.63) is 0 Å². The number of hydrogen-bond acceptors (Lipinski definition) is 3. The molecule has 0 bridgehead atoms. The van der Waals surface area contributed by atoms with Gasteiger partial charge in [0.15, 0.2) is 0 Å². The zero-order valence-corrected chi connectivity index (χ0v) is 6.01. The summed E-state index contributed by atoms with van der Waals surface area (Å²) >= 11 is 0. The van der Waals surface area contributed by atoms with E-state index in [1.165, 1.54) is 0 Å². The first-order chi connectivity index (χ1) is 4.97. The van der Waals surface area contributed by atoms with Crippen molar-refractivity contribution in [1.82, 2.24) is 5.32 Å². The van der Waals surface area contributed by atoms with Crippen molar-refractivity contribution in [3.63, 3.8) is 0 Å². The van der Waals surface area contributed by atoms with Crippen molar-refractivity contribution in [2.24, 2.45) is 0 Å². The molecule has 2 rings (SSSR count). The predicted octanol–water partition coefficient (Wildman–Crippen LogP) is -0.236. The summed E-state index contributed by atoms with van der Waals surface area (Å²) in [6.07, 6.45) is 1.79. The molecule has 0 radical (unpaired) electrons. The Morgan fingerprint density at radius 1 is 1.10 bits per heavy atom. The van der Waals surface area contributed by atoms with E-state index in [1.807, 2.05) is 0 Å². The molecule has 0 aromatic carbocycles. The Hall–Kier alpha value is -0.120. The largest absolute Gasteiger partial charge is 0.373 e. The normalized spacial score (nSPS) is 40.8. The molecule has 2 heterocycles. The molecule has 0 aliphatic carbocycles. The van der Waals surface area contributed by atoms with Gasteiger partial charge in [-0.15, -0.1) is 0 Å². The first-order valence-corrected chi connectivity index (χ1v) is 3.91. The Balaban J connectivity index is 1.93. The average Bonchev–Trinajstić information content (AvgIpc) is 2.05. The lowest BCUT2D eigenvalue weighted by molar-refractivity contribution is -0.148. The van der Waals surface area contributed by atoms with E-state index in [0.717, 1.165) is 32.7 Å². The van der Waals surface area contributed by atoms with Crippen LogP contribution in [-0.2, 0) is 9.47 Å². The van der Waals surface area contributed by atoms with Crippen LogP contribution in [-0.4, -0.2) is 38.5 Å². The van der Waals surface area contributed by atoms with Crippen molar-refractivity contribution in [1.29, 1.82) is 0 Å². The topological polar surface area (TPSA) is 30.5 Å². The second-order valence-corrected chi connectivity index (χ2v) is 2.81. The number of rotatable bonds is 0. The molecule has 2 aliphatic heterocycles. The summed E-state index contributed by atoms with van der Waals surface area (Å²) in [5, 5.41) is 3.28. The number of nitrogens with one attached hydrogen (secondary N) is 1. The molecule has 0 saturated carbocycles. The fourth-order valence-corrected chi connectivity index (χ4v) is 1.56. The Kier molecular flexibility index (Phi) is 1.88. The Bertz CT molecular complexity index is 92.2. The van der Waals surface area contributed by atoms with Crippen molar-refractivity contribution in [2.45, 2.75) is 18.6 Å². The molecule has 2 saturated heterocycles. The van der Waals surface area contributed by atoms with E-state index < -0.39 is 0 Å². The van der Waals surface area contributed by atoms with Crippen LogP contribution in [0.5, 0.6) is 0 Å². The Morgan fingerprint density at radius 3 is 2.70 bits per heavy atom. The molecule has 1 N–H and O–H groups in total. The van der Waals surface area contributed by atoms with Gasteiger partial charge in [0, 0.05) is 6.54 Å². The van der Waals surface area contributed by atoms with Crippen LogP contribution in [0.2, 0.25) is 0 Å². The van der Waals surface area contributed by atoms with Crippen LogP contribution in [0, 0.1) is 0 Å². The maximum Gasteiger partial charge on any atom is 0.0962 e. The van der Waals surface area contributed by atoms with E-state index in [4.69, 9.17) is 9.47 Å². The fraction of sp³-hybridized carbons (Fsp3) is 1.00. The van der Waals surface area contributed by atoms with Gasteiger partial charge in [-0.3, -0.25) is 0 Å². The maximum atomic E-state index is 5.52. The molecule has 10 heavy (non-hydrogen) atoms. The summed E-state index contributed by atoms with van der Waals surface area (Å²) in [6.45, 7) is 3.58. The summed E-state index contributed by atoms with van der Waals surface area (Å²) in [4.78, 5) is 0. The second-order valence-electron chi connectivity index (χ2n) is 2.81. The molecule has 0 unspecified atom stereocenters. The van der Waals surface area contributed by atoms with Crippen molar-refractivity contribution in [3.8, 4) is 0 Å². The second kappa shape index (κ2) is 2.86. The van der Waals surface area contributed by atoms with Gasteiger partial charge in [0.1, 0.15) is 0 Å². The van der Waals surface area contributed by atoms with Crippen LogP contribution in [0.4, 0.5) is 0 Å². The summed E-state index contributed by atoms with van der Waals surface area (Å²) in [5.41, 5.74) is 0. The van der Waals surface area contributed by atoms with Crippen molar-refractivity contribution < 1.29 is 9.47 Å². The molecule has 0 amide bonds. The lowest BCUT2D eigenvalue weighted by Gasteiger charge is -2.35. The van der Waals surface area contributed by atoms with Crippen LogP contribution in [0.15, 0.2) is 0 Å². The monoisotopic (exact) mass is 143 g/mol. The molecule has 0 spiro atoms. The number of hydrogen-bond donors (Lipinski definition) is 1. The molecular formula is C7H13NO2. The first kappa shape index (κ1) is 6.58.